The molecule has 2 rings (SSSR count). The van der Waals surface area contributed by atoms with E-state index in [1.807, 2.05) is 32.0 Å². The second-order valence-corrected chi connectivity index (χ2v) is 5.63. The van der Waals surface area contributed by atoms with Crippen molar-refractivity contribution in [1.82, 2.24) is 0 Å². The third-order valence-corrected chi connectivity index (χ3v) is 3.95. The van der Waals surface area contributed by atoms with Gasteiger partial charge in [0.15, 0.2) is 12.7 Å². The van der Waals surface area contributed by atoms with Gasteiger partial charge in [-0.3, -0.25) is 4.79 Å². The van der Waals surface area contributed by atoms with E-state index in [9.17, 15) is 14.7 Å². The van der Waals surface area contributed by atoms with E-state index in [0.29, 0.717) is 5.56 Å². The molecule has 0 spiro atoms. The summed E-state index contributed by atoms with van der Waals surface area (Å²) in [7, 11) is 0. The van der Waals surface area contributed by atoms with Gasteiger partial charge in [-0.15, -0.1) is 0 Å². The molecule has 0 unspecified atom stereocenters. The molecular weight excluding hydrogens is 318 g/mol. The quantitative estimate of drug-likeness (QED) is 0.759. The van der Waals surface area contributed by atoms with Gasteiger partial charge in [-0.25, -0.2) is 4.79 Å². The third kappa shape index (κ3) is 4.90. The number of aryl methyl sites for hydroxylation is 2. The molecule has 5 heteroatoms. The fourth-order valence-electron chi connectivity index (χ4n) is 2.57. The van der Waals surface area contributed by atoms with Crippen LogP contribution >= 0.6 is 0 Å². The molecule has 0 aliphatic rings. The van der Waals surface area contributed by atoms with Crippen molar-refractivity contribution in [2.24, 2.45) is 0 Å². The average Bonchev–Trinajstić information content (AvgIpc) is 2.66. The van der Waals surface area contributed by atoms with Crippen LogP contribution in [0.1, 0.15) is 36.6 Å². The number of aliphatic hydroxyl groups excluding tert-OH is 1. The molecule has 0 aliphatic carbocycles. The molecule has 2 aromatic carbocycles. The molecular formula is C20H23NO4. The molecule has 0 bridgehead atoms. The van der Waals surface area contributed by atoms with E-state index in [2.05, 4.69) is 5.32 Å². The van der Waals surface area contributed by atoms with Crippen molar-refractivity contribution in [3.05, 3.63) is 65.2 Å². The molecule has 0 saturated carbocycles. The first-order chi connectivity index (χ1) is 12.1. The smallest absolute Gasteiger partial charge is 0.340 e. The Kier molecular flexibility index (Phi) is 6.71. The molecule has 0 aromatic heterocycles. The van der Waals surface area contributed by atoms with Crippen LogP contribution in [0, 0.1) is 0 Å². The highest BCUT2D eigenvalue weighted by molar-refractivity contribution is 5.94. The molecule has 2 aromatic rings. The van der Waals surface area contributed by atoms with E-state index in [0.717, 1.165) is 29.7 Å². The maximum absolute atomic E-state index is 12.1. The number of esters is 1. The van der Waals surface area contributed by atoms with Crippen molar-refractivity contribution in [3.63, 3.8) is 0 Å². The summed E-state index contributed by atoms with van der Waals surface area (Å²) in [4.78, 5) is 24.0. The highest BCUT2D eigenvalue weighted by Gasteiger charge is 2.20. The van der Waals surface area contributed by atoms with Gasteiger partial charge in [0.2, 0.25) is 0 Å². The van der Waals surface area contributed by atoms with E-state index in [-0.39, 0.29) is 0 Å². The van der Waals surface area contributed by atoms with Crippen molar-refractivity contribution in [2.75, 3.05) is 11.9 Å². The summed E-state index contributed by atoms with van der Waals surface area (Å²) in [6, 6.07) is 14.3. The van der Waals surface area contributed by atoms with Gasteiger partial charge in [-0.05, 0) is 29.5 Å². The Bertz CT molecular complexity index is 705. The van der Waals surface area contributed by atoms with Gasteiger partial charge >= 0.3 is 5.97 Å². The average molecular weight is 341 g/mol. The topological polar surface area (TPSA) is 75.6 Å². The Balaban J connectivity index is 1.96. The van der Waals surface area contributed by atoms with Crippen LogP contribution < -0.4 is 5.32 Å². The zero-order chi connectivity index (χ0) is 18.2. The molecule has 132 valence electrons. The molecule has 1 amide bonds. The number of amides is 1. The lowest BCUT2D eigenvalue weighted by Crippen LogP contribution is -2.24. The van der Waals surface area contributed by atoms with Crippen LogP contribution in [0.25, 0.3) is 0 Å². The van der Waals surface area contributed by atoms with Crippen LogP contribution in [0.4, 0.5) is 5.69 Å². The first-order valence-corrected chi connectivity index (χ1v) is 8.37. The molecule has 0 heterocycles. The lowest BCUT2D eigenvalue weighted by Gasteiger charge is -2.15. The number of carbonyl (C=O) groups excluding carboxylic acids is 2. The van der Waals surface area contributed by atoms with Gasteiger partial charge in [0, 0.05) is 5.69 Å². The normalized spacial score (nSPS) is 11.6. The lowest BCUT2D eigenvalue weighted by molar-refractivity contribution is -0.156. The monoisotopic (exact) mass is 341 g/mol. The standard InChI is InChI=1S/C20H23NO4/c1-3-14-11-8-12-15(4-2)18(14)21-17(22)13-25-20(24)19(23)16-9-6-5-7-10-16/h5-12,19,23H,3-4,13H2,1-2H3,(H,21,22)/t19-/m0/s1. The number of benzene rings is 2. The maximum atomic E-state index is 12.1. The number of para-hydroxylation sites is 1. The molecule has 5 nitrogen and oxygen atoms in total. The van der Waals surface area contributed by atoms with E-state index < -0.39 is 24.6 Å². The Morgan fingerprint density at radius 2 is 1.60 bits per heavy atom. The number of anilines is 1. The van der Waals surface area contributed by atoms with Crippen molar-refractivity contribution < 1.29 is 19.4 Å². The second-order valence-electron chi connectivity index (χ2n) is 5.63. The minimum atomic E-state index is -1.40. The molecule has 0 aliphatic heterocycles. The van der Waals surface area contributed by atoms with Crippen LogP contribution in [0.15, 0.2) is 48.5 Å². The molecule has 0 saturated heterocycles. The fraction of sp³-hybridized carbons (Fsp3) is 0.300. The number of nitrogens with one attached hydrogen (secondary N) is 1. The van der Waals surface area contributed by atoms with Crippen molar-refractivity contribution >= 4 is 17.6 Å². The van der Waals surface area contributed by atoms with E-state index in [1.165, 1.54) is 0 Å². The molecule has 1 atom stereocenters. The minimum absolute atomic E-state index is 0.427. The van der Waals surface area contributed by atoms with Crippen molar-refractivity contribution in [2.45, 2.75) is 32.8 Å². The van der Waals surface area contributed by atoms with E-state index in [1.54, 1.807) is 30.3 Å². The first-order valence-electron chi connectivity index (χ1n) is 8.37. The molecule has 0 fully saturated rings. The Hall–Kier alpha value is -2.66. The van der Waals surface area contributed by atoms with Crippen LogP contribution in [-0.4, -0.2) is 23.6 Å². The lowest BCUT2D eigenvalue weighted by atomic mass is 10.0. The number of rotatable bonds is 7. The van der Waals surface area contributed by atoms with Gasteiger partial charge in [-0.2, -0.15) is 0 Å². The summed E-state index contributed by atoms with van der Waals surface area (Å²) in [5.41, 5.74) is 3.27. The summed E-state index contributed by atoms with van der Waals surface area (Å²) in [6.07, 6.45) is 0.175. The van der Waals surface area contributed by atoms with Gasteiger partial charge in [0.25, 0.3) is 5.91 Å². The molecule has 0 radical (unpaired) electrons. The number of hydrogen-bond donors (Lipinski definition) is 2. The zero-order valence-corrected chi connectivity index (χ0v) is 14.5. The fourth-order valence-corrected chi connectivity index (χ4v) is 2.57. The highest BCUT2D eigenvalue weighted by atomic mass is 16.5. The molecule has 25 heavy (non-hydrogen) atoms. The number of carbonyl (C=O) groups is 2. The van der Waals surface area contributed by atoms with Crippen molar-refractivity contribution in [3.8, 4) is 0 Å². The van der Waals surface area contributed by atoms with E-state index in [4.69, 9.17) is 4.74 Å². The van der Waals surface area contributed by atoms with Crippen molar-refractivity contribution in [1.29, 1.82) is 0 Å². The third-order valence-electron chi connectivity index (χ3n) is 3.95. The largest absolute Gasteiger partial charge is 0.453 e. The van der Waals surface area contributed by atoms with E-state index >= 15 is 0 Å². The van der Waals surface area contributed by atoms with Gasteiger partial charge in [0.05, 0.1) is 0 Å². The van der Waals surface area contributed by atoms with Gasteiger partial charge in [-0.1, -0.05) is 62.4 Å². The summed E-state index contributed by atoms with van der Waals surface area (Å²) < 4.78 is 4.94. The Morgan fingerprint density at radius 1 is 1.00 bits per heavy atom. The Labute approximate surface area is 147 Å². The summed E-state index contributed by atoms with van der Waals surface area (Å²) in [5, 5.41) is 12.8. The van der Waals surface area contributed by atoms with Gasteiger partial charge in [0.1, 0.15) is 0 Å². The maximum Gasteiger partial charge on any atom is 0.340 e. The first kappa shape index (κ1) is 18.7. The number of aliphatic hydroxyl groups is 1. The predicted molar refractivity (Wildman–Crippen MR) is 96.2 cm³/mol. The van der Waals surface area contributed by atoms with Crippen LogP contribution in [0.3, 0.4) is 0 Å². The number of hydrogen-bond acceptors (Lipinski definition) is 4. The van der Waals surface area contributed by atoms with Crippen LogP contribution in [0.5, 0.6) is 0 Å². The molecule has 2 N–H and O–H groups in total. The minimum Gasteiger partial charge on any atom is -0.453 e. The summed E-state index contributed by atoms with van der Waals surface area (Å²) >= 11 is 0. The summed E-state index contributed by atoms with van der Waals surface area (Å²) in [6.45, 7) is 3.59. The summed E-state index contributed by atoms with van der Waals surface area (Å²) in [5.74, 6) is -1.27. The second kappa shape index (κ2) is 8.99. The SMILES string of the molecule is CCc1cccc(CC)c1NC(=O)COC(=O)[C@@H](O)c1ccccc1. The van der Waals surface area contributed by atoms with Gasteiger partial charge < -0.3 is 15.2 Å². The number of ether oxygens (including phenoxy) is 1. The predicted octanol–water partition coefficient (Wildman–Crippen LogP) is 3.03. The highest BCUT2D eigenvalue weighted by Crippen LogP contribution is 2.22. The Morgan fingerprint density at radius 3 is 2.16 bits per heavy atom. The zero-order valence-electron chi connectivity index (χ0n) is 14.5. The van der Waals surface area contributed by atoms with Crippen LogP contribution in [0.2, 0.25) is 0 Å². The van der Waals surface area contributed by atoms with Crippen LogP contribution in [-0.2, 0) is 27.2 Å².